The molecule has 1 unspecified atom stereocenters. The van der Waals surface area contributed by atoms with E-state index >= 15 is 0 Å². The number of hydrogen-bond donors (Lipinski definition) is 2. The van der Waals surface area contributed by atoms with Crippen LogP contribution in [-0.2, 0) is 65.8 Å². The van der Waals surface area contributed by atoms with E-state index in [9.17, 15) is 24.0 Å². The van der Waals surface area contributed by atoms with E-state index in [1.165, 1.54) is 21.5 Å². The van der Waals surface area contributed by atoms with Crippen LogP contribution in [0.5, 0.6) is 0 Å². The van der Waals surface area contributed by atoms with E-state index in [0.29, 0.717) is 45.3 Å². The number of carbonyl (C=O) groups is 5. The fourth-order valence-corrected chi connectivity index (χ4v) is 11.1. The van der Waals surface area contributed by atoms with Crippen LogP contribution in [-0.4, -0.2) is 131 Å². The van der Waals surface area contributed by atoms with Gasteiger partial charge in [-0.05, 0) is 111 Å². The number of benzene rings is 2. The van der Waals surface area contributed by atoms with Crippen molar-refractivity contribution in [3.8, 4) is 22.4 Å². The first-order valence-corrected chi connectivity index (χ1v) is 25.1. The summed E-state index contributed by atoms with van der Waals surface area (Å²) in [5.74, 6) is -2.55. The van der Waals surface area contributed by atoms with Gasteiger partial charge in [0, 0.05) is 81.7 Å². The summed E-state index contributed by atoms with van der Waals surface area (Å²) in [7, 11) is 5.47. The molecule has 15 nitrogen and oxygen atoms in total. The van der Waals surface area contributed by atoms with E-state index < -0.39 is 47.2 Å². The number of ether oxygens (including phenoxy) is 2. The molecule has 2 saturated heterocycles. The van der Waals surface area contributed by atoms with Crippen LogP contribution in [0.25, 0.3) is 33.3 Å². The van der Waals surface area contributed by atoms with Gasteiger partial charge < -0.3 is 34.1 Å². The monoisotopic (exact) mass is 957 g/mol. The summed E-state index contributed by atoms with van der Waals surface area (Å²) in [5, 5.41) is 5.62. The fraction of sp³-hybridized carbons (Fsp3) is 0.527. The lowest BCUT2D eigenvalue weighted by Crippen LogP contribution is -2.62. The molecule has 0 spiro atoms. The van der Waals surface area contributed by atoms with Gasteiger partial charge in [0.25, 0.3) is 5.91 Å². The van der Waals surface area contributed by atoms with Crippen molar-refractivity contribution in [1.82, 2.24) is 40.0 Å². The summed E-state index contributed by atoms with van der Waals surface area (Å²) >= 11 is 0. The van der Waals surface area contributed by atoms with Crippen molar-refractivity contribution in [2.75, 3.05) is 54.0 Å². The predicted molar refractivity (Wildman–Crippen MR) is 270 cm³/mol. The third kappa shape index (κ3) is 10.3. The number of aromatic nitrogens is 2. The maximum Gasteiger partial charge on any atom is 0.324 e. The van der Waals surface area contributed by atoms with Crippen LogP contribution in [0.1, 0.15) is 95.0 Å². The third-order valence-electron chi connectivity index (χ3n) is 14.9. The van der Waals surface area contributed by atoms with Crippen LogP contribution in [0.4, 0.5) is 0 Å². The summed E-state index contributed by atoms with van der Waals surface area (Å²) in [4.78, 5) is 80.4. The number of hydrazine groups is 1. The first-order valence-electron chi connectivity index (χ1n) is 25.1. The number of aryl methyl sites for hydroxylation is 1. The molecule has 2 aromatic heterocycles. The predicted octanol–water partition coefficient (Wildman–Crippen LogP) is 6.25. The van der Waals surface area contributed by atoms with Gasteiger partial charge in [0.2, 0.25) is 17.7 Å². The number of carbonyl (C=O) groups excluding carboxylic acids is 5. The number of pyridine rings is 1. The van der Waals surface area contributed by atoms with Crippen LogP contribution in [0, 0.1) is 17.3 Å². The summed E-state index contributed by atoms with van der Waals surface area (Å²) in [6, 6.07) is 14.3. The van der Waals surface area contributed by atoms with E-state index in [0.717, 1.165) is 75.3 Å². The Morgan fingerprint density at radius 1 is 1.06 bits per heavy atom. The zero-order valence-corrected chi connectivity index (χ0v) is 42.6. The molecule has 0 aliphatic carbocycles. The van der Waals surface area contributed by atoms with Gasteiger partial charge in [0.05, 0.1) is 35.7 Å². The first-order chi connectivity index (χ1) is 33.4. The normalized spacial score (nSPS) is 21.7. The summed E-state index contributed by atoms with van der Waals surface area (Å²) < 4.78 is 14.6. The Morgan fingerprint density at radius 2 is 1.83 bits per heavy atom. The second-order valence-corrected chi connectivity index (χ2v) is 21.0. The van der Waals surface area contributed by atoms with E-state index in [1.807, 2.05) is 26.0 Å². The SMILES string of the molecule is C=CC(=O)N1CC[C@H](C(=O)N(C)C(C(=O)N[C@H]2Cc3cccc(c3)-c3ccc4c(c3)c(c(-c3cc5c(nc3[C@H](C)OC)CN(C)CC5)n4CC)CC(C)(C)COC(=O)[C@@H]3CCCN(N3)C2=O)C(C)C)C1. The highest BCUT2D eigenvalue weighted by molar-refractivity contribution is 5.96. The minimum absolute atomic E-state index is 0.138. The van der Waals surface area contributed by atoms with Crippen molar-refractivity contribution >= 4 is 40.5 Å². The Balaban J connectivity index is 1.20. The molecule has 0 radical (unpaired) electrons. The molecule has 2 aromatic carbocycles. The maximum absolute atomic E-state index is 14.8. The average molecular weight is 957 g/mol. The smallest absolute Gasteiger partial charge is 0.324 e. The Kier molecular flexibility index (Phi) is 15.0. The van der Waals surface area contributed by atoms with Gasteiger partial charge in [-0.2, -0.15) is 0 Å². The van der Waals surface area contributed by atoms with Crippen molar-refractivity contribution in [2.24, 2.45) is 17.3 Å². The Hall–Kier alpha value is -5.90. The topological polar surface area (TPSA) is 159 Å². The van der Waals surface area contributed by atoms with E-state index in [1.54, 1.807) is 19.1 Å². The highest BCUT2D eigenvalue weighted by Crippen LogP contribution is 2.43. The first kappa shape index (κ1) is 50.5. The number of hydrogen-bond acceptors (Lipinski definition) is 10. The summed E-state index contributed by atoms with van der Waals surface area (Å²) in [5.41, 5.74) is 13.0. The molecule has 2 fully saturated rings. The van der Waals surface area contributed by atoms with Crippen LogP contribution in [0.2, 0.25) is 0 Å². The lowest BCUT2D eigenvalue weighted by molar-refractivity contribution is -0.155. The van der Waals surface area contributed by atoms with Crippen LogP contribution < -0.4 is 10.7 Å². The van der Waals surface area contributed by atoms with E-state index in [2.05, 4.69) is 97.9 Å². The molecule has 4 aliphatic rings. The average Bonchev–Trinajstić information content (AvgIpc) is 3.96. The van der Waals surface area contributed by atoms with Crippen molar-refractivity contribution in [2.45, 2.75) is 117 Å². The van der Waals surface area contributed by atoms with Crippen LogP contribution in [0.3, 0.4) is 0 Å². The number of likely N-dealkylation sites (tertiary alicyclic amines) is 1. The molecule has 8 rings (SSSR count). The van der Waals surface area contributed by atoms with Crippen LogP contribution in [0.15, 0.2) is 61.2 Å². The van der Waals surface area contributed by atoms with Crippen molar-refractivity contribution in [3.05, 3.63) is 89.3 Å². The number of likely N-dealkylation sites (N-methyl/N-ethyl adjacent to an activating group) is 2. The summed E-state index contributed by atoms with van der Waals surface area (Å²) in [6.45, 7) is 19.4. The quantitative estimate of drug-likeness (QED) is 0.138. The second kappa shape index (κ2) is 20.8. The molecule has 374 valence electrons. The minimum atomic E-state index is -1.05. The number of fused-ring (bicyclic) bond motifs is 7. The van der Waals surface area contributed by atoms with Gasteiger partial charge in [-0.1, -0.05) is 64.6 Å². The molecule has 4 aliphatic heterocycles. The standard InChI is InChI=1S/C55H72N8O7/c1-11-47(64)61-24-21-39(30-61)52(66)60(9)49(33(3)4)51(65)57-44-26-35-15-13-16-36(25-35)37-18-19-46-40(27-37)42(29-55(6,7)32-70-54(68)43-17-14-22-63(58-43)53(44)67)50(62(46)12-2)41-28-38-20-23-59(8)31-45(38)56-48(41)34(5)69-10/h11,13,15-16,18-19,25,27-28,33-34,39,43-44,49,58H,1,12,14,17,20-24,26,29-32H2,2-10H3,(H,57,65)/t34-,39-,43-,44-,49?/m0/s1. The number of nitrogens with one attached hydrogen (secondary N) is 2. The lowest BCUT2D eigenvalue weighted by atomic mass is 9.83. The number of amides is 4. The third-order valence-corrected chi connectivity index (χ3v) is 14.9. The van der Waals surface area contributed by atoms with Crippen molar-refractivity contribution in [3.63, 3.8) is 0 Å². The number of methoxy groups -OCH3 is 1. The number of esters is 1. The molecular formula is C55H72N8O7. The number of nitrogens with zero attached hydrogens (tertiary/aromatic N) is 6. The van der Waals surface area contributed by atoms with E-state index in [-0.39, 0.29) is 43.4 Å². The largest absolute Gasteiger partial charge is 0.464 e. The fourth-order valence-electron chi connectivity index (χ4n) is 11.1. The molecular weight excluding hydrogens is 885 g/mol. The Labute approximate surface area is 412 Å². The molecule has 6 bridgehead atoms. The summed E-state index contributed by atoms with van der Waals surface area (Å²) in [6.07, 6.45) is 4.12. The molecule has 4 aromatic rings. The molecule has 0 saturated carbocycles. The van der Waals surface area contributed by atoms with E-state index in [4.69, 9.17) is 14.5 Å². The number of cyclic esters (lactones) is 1. The van der Waals surface area contributed by atoms with Gasteiger partial charge >= 0.3 is 5.97 Å². The van der Waals surface area contributed by atoms with Crippen LogP contribution >= 0.6 is 0 Å². The molecule has 4 amide bonds. The van der Waals surface area contributed by atoms with Gasteiger partial charge in [-0.15, -0.1) is 0 Å². The molecule has 5 atom stereocenters. The van der Waals surface area contributed by atoms with Gasteiger partial charge in [0.15, 0.2) is 0 Å². The molecule has 6 heterocycles. The zero-order valence-electron chi connectivity index (χ0n) is 42.6. The van der Waals surface area contributed by atoms with Gasteiger partial charge in [0.1, 0.15) is 18.1 Å². The number of rotatable bonds is 10. The molecule has 70 heavy (non-hydrogen) atoms. The highest BCUT2D eigenvalue weighted by Gasteiger charge is 2.40. The minimum Gasteiger partial charge on any atom is -0.464 e. The second-order valence-electron chi connectivity index (χ2n) is 21.0. The Morgan fingerprint density at radius 3 is 2.56 bits per heavy atom. The lowest BCUT2D eigenvalue weighted by Gasteiger charge is -2.37. The molecule has 2 N–H and O–H groups in total. The maximum atomic E-state index is 14.8. The zero-order chi connectivity index (χ0) is 50.2. The van der Waals surface area contributed by atoms with Crippen molar-refractivity contribution in [1.29, 1.82) is 0 Å². The van der Waals surface area contributed by atoms with Gasteiger partial charge in [-0.25, -0.2) is 5.43 Å². The Bertz CT molecular complexity index is 2670. The highest BCUT2D eigenvalue weighted by atomic mass is 16.5. The molecule has 15 heteroatoms. The van der Waals surface area contributed by atoms with Gasteiger partial charge in [-0.3, -0.25) is 34.0 Å². The van der Waals surface area contributed by atoms with Crippen molar-refractivity contribution < 1.29 is 33.4 Å².